The van der Waals surface area contributed by atoms with E-state index in [4.69, 9.17) is 0 Å². The second-order valence-corrected chi connectivity index (χ2v) is 12.7. The number of amides is 4. The average Bonchev–Trinajstić information content (AvgIpc) is 2.96. The molecule has 1 aromatic rings. The number of piperidine rings is 1. The fourth-order valence-corrected chi connectivity index (χ4v) is 5.09. The van der Waals surface area contributed by atoms with Gasteiger partial charge in [0, 0.05) is 24.6 Å². The normalized spacial score (nSPS) is 17.4. The van der Waals surface area contributed by atoms with E-state index < -0.39 is 64.9 Å². The molecule has 4 atom stereocenters. The number of nitrogens with zero attached hydrogens (tertiary/aromatic N) is 1. The molecule has 2 unspecified atom stereocenters. The molecule has 1 aliphatic rings. The molecule has 0 aliphatic carbocycles. The van der Waals surface area contributed by atoms with Crippen molar-refractivity contribution in [1.29, 1.82) is 0 Å². The minimum atomic E-state index is -5.26. The summed E-state index contributed by atoms with van der Waals surface area (Å²) in [4.78, 5) is 80.0. The zero-order valence-electron chi connectivity index (χ0n) is 26.3. The number of ketones is 2. The molecule has 0 aromatic heterocycles. The van der Waals surface area contributed by atoms with Crippen molar-refractivity contribution in [1.82, 2.24) is 20.9 Å². The van der Waals surface area contributed by atoms with Crippen LogP contribution in [0.15, 0.2) is 43.0 Å². The van der Waals surface area contributed by atoms with Gasteiger partial charge >= 0.3 is 12.1 Å². The zero-order chi connectivity index (χ0) is 34.1. The highest BCUT2D eigenvalue weighted by Gasteiger charge is 2.46. The molecule has 1 saturated heterocycles. The highest BCUT2D eigenvalue weighted by atomic mass is 19.4. The van der Waals surface area contributed by atoms with Crippen molar-refractivity contribution in [2.24, 2.45) is 17.3 Å². The summed E-state index contributed by atoms with van der Waals surface area (Å²) in [5.74, 6) is -7.16. The van der Waals surface area contributed by atoms with Gasteiger partial charge in [0.05, 0.1) is 6.04 Å². The zero-order valence-corrected chi connectivity index (χ0v) is 26.3. The van der Waals surface area contributed by atoms with Crippen LogP contribution in [0.5, 0.6) is 0 Å². The van der Waals surface area contributed by atoms with Gasteiger partial charge in [-0.05, 0) is 37.0 Å². The van der Waals surface area contributed by atoms with Crippen molar-refractivity contribution in [2.75, 3.05) is 13.1 Å². The summed E-state index contributed by atoms with van der Waals surface area (Å²) in [5, 5.41) is 7.08. The number of rotatable bonds is 14. The summed E-state index contributed by atoms with van der Waals surface area (Å²) in [6.07, 6.45) is -3.07. The molecule has 248 valence electrons. The summed E-state index contributed by atoms with van der Waals surface area (Å²) in [7, 11) is 0. The fraction of sp³-hybridized carbons (Fsp3) is 0.562. The molecule has 0 radical (unpaired) electrons. The van der Waals surface area contributed by atoms with Crippen LogP contribution in [0.2, 0.25) is 0 Å². The molecule has 1 fully saturated rings. The highest BCUT2D eigenvalue weighted by Crippen LogP contribution is 2.26. The van der Waals surface area contributed by atoms with Gasteiger partial charge < -0.3 is 20.9 Å². The third-order valence-electron chi connectivity index (χ3n) is 7.44. The Morgan fingerprint density at radius 1 is 1.07 bits per heavy atom. The molecule has 13 heteroatoms. The van der Waals surface area contributed by atoms with Crippen molar-refractivity contribution in [3.05, 3.63) is 48.6 Å². The fourth-order valence-electron chi connectivity index (χ4n) is 5.09. The van der Waals surface area contributed by atoms with Gasteiger partial charge in [0.2, 0.25) is 29.3 Å². The predicted octanol–water partition coefficient (Wildman–Crippen LogP) is 3.36. The first-order valence-corrected chi connectivity index (χ1v) is 14.9. The lowest BCUT2D eigenvalue weighted by Gasteiger charge is -2.39. The maximum absolute atomic E-state index is 14.0. The summed E-state index contributed by atoms with van der Waals surface area (Å²) >= 11 is 0. The Balaban J connectivity index is 2.51. The SMILES string of the molecule is C=CCN(C(=O)[C@@H](NC(=O)C(F)(F)F)C(C)(C)C)[C@@H](CC(C)C)C(=O)NC(CC1CCCNC1=O)C(=O)C(=O)c1ccccc1. The number of benzene rings is 1. The number of carbonyl (C=O) groups is 6. The predicted molar refractivity (Wildman–Crippen MR) is 161 cm³/mol. The molecule has 10 nitrogen and oxygen atoms in total. The van der Waals surface area contributed by atoms with Crippen LogP contribution in [0.3, 0.4) is 0 Å². The second-order valence-electron chi connectivity index (χ2n) is 12.7. The van der Waals surface area contributed by atoms with Crippen LogP contribution in [0.1, 0.15) is 70.7 Å². The van der Waals surface area contributed by atoms with Gasteiger partial charge in [0.25, 0.3) is 0 Å². The summed E-state index contributed by atoms with van der Waals surface area (Å²) < 4.78 is 39.6. The number of Topliss-reactive ketones (excluding diaryl/α,β-unsaturated/α-hetero) is 2. The molecule has 1 heterocycles. The minimum Gasteiger partial charge on any atom is -0.356 e. The van der Waals surface area contributed by atoms with Crippen LogP contribution in [0.4, 0.5) is 13.2 Å². The van der Waals surface area contributed by atoms with Crippen molar-refractivity contribution >= 4 is 35.2 Å². The number of hydrogen-bond acceptors (Lipinski definition) is 6. The van der Waals surface area contributed by atoms with Gasteiger partial charge in [0.1, 0.15) is 12.1 Å². The van der Waals surface area contributed by atoms with E-state index in [9.17, 15) is 41.9 Å². The Hall–Kier alpha value is -4.03. The Morgan fingerprint density at radius 3 is 2.20 bits per heavy atom. The first-order chi connectivity index (χ1) is 20.9. The lowest BCUT2D eigenvalue weighted by atomic mass is 9.85. The number of nitrogens with one attached hydrogen (secondary N) is 3. The van der Waals surface area contributed by atoms with Crippen molar-refractivity contribution in [2.45, 2.75) is 84.6 Å². The van der Waals surface area contributed by atoms with Gasteiger partial charge in [-0.2, -0.15) is 13.2 Å². The Bertz CT molecular complexity index is 1260. The molecule has 2 rings (SSSR count). The van der Waals surface area contributed by atoms with E-state index in [1.54, 1.807) is 37.4 Å². The van der Waals surface area contributed by atoms with E-state index in [2.05, 4.69) is 17.2 Å². The van der Waals surface area contributed by atoms with Crippen LogP contribution < -0.4 is 16.0 Å². The molecule has 1 aromatic carbocycles. The molecule has 0 bridgehead atoms. The third kappa shape index (κ3) is 10.5. The van der Waals surface area contributed by atoms with Gasteiger partial charge in [-0.3, -0.25) is 28.8 Å². The number of halogens is 3. The lowest BCUT2D eigenvalue weighted by Crippen LogP contribution is -2.62. The minimum absolute atomic E-state index is 0.0208. The highest BCUT2D eigenvalue weighted by molar-refractivity contribution is 6.45. The molecule has 1 aliphatic heterocycles. The Morgan fingerprint density at radius 2 is 1.69 bits per heavy atom. The summed E-state index contributed by atoms with van der Waals surface area (Å²) in [6, 6.07) is 3.25. The van der Waals surface area contributed by atoms with Crippen molar-refractivity contribution in [3.63, 3.8) is 0 Å². The van der Waals surface area contributed by atoms with Gasteiger partial charge in [-0.15, -0.1) is 6.58 Å². The molecule has 0 spiro atoms. The monoisotopic (exact) mass is 636 g/mol. The summed E-state index contributed by atoms with van der Waals surface area (Å²) in [6.45, 7) is 11.7. The standard InChI is InChI=1S/C32H43F3N4O6/c1-7-16-39(29(44)26(31(4,5)6)38-30(45)32(33,34)35)23(17-19(2)3)28(43)37-22(18-21-14-11-15-36-27(21)42)25(41)24(40)20-12-9-8-10-13-20/h7-10,12-13,19,21-23,26H,1,11,14-18H2,2-6H3,(H,36,42)(H,37,43)(H,38,45)/t21?,22?,23-,26+/m0/s1. The number of carbonyl (C=O) groups excluding carboxylic acids is 6. The van der Waals surface area contributed by atoms with Crippen LogP contribution >= 0.6 is 0 Å². The third-order valence-corrected chi connectivity index (χ3v) is 7.44. The van der Waals surface area contributed by atoms with Crippen LogP contribution in [-0.2, 0) is 24.0 Å². The van der Waals surface area contributed by atoms with Crippen molar-refractivity contribution in [3.8, 4) is 0 Å². The van der Waals surface area contributed by atoms with Gasteiger partial charge in [-0.25, -0.2) is 0 Å². The Kier molecular flexibility index (Phi) is 13.1. The van der Waals surface area contributed by atoms with Crippen LogP contribution in [0.25, 0.3) is 0 Å². The maximum atomic E-state index is 14.0. The van der Waals surface area contributed by atoms with Gasteiger partial charge in [-0.1, -0.05) is 71.0 Å². The van der Waals surface area contributed by atoms with E-state index >= 15 is 0 Å². The largest absolute Gasteiger partial charge is 0.471 e. The lowest BCUT2D eigenvalue weighted by molar-refractivity contribution is -0.176. The first kappa shape index (κ1) is 37.2. The molecular formula is C32H43F3N4O6. The molecule has 45 heavy (non-hydrogen) atoms. The van der Waals surface area contributed by atoms with E-state index in [0.717, 1.165) is 4.90 Å². The smallest absolute Gasteiger partial charge is 0.356 e. The first-order valence-electron chi connectivity index (χ1n) is 14.9. The molecule has 4 amide bonds. The Labute approximate surface area is 261 Å². The maximum Gasteiger partial charge on any atom is 0.471 e. The molecular weight excluding hydrogens is 593 g/mol. The number of hydrogen-bond donors (Lipinski definition) is 3. The van der Waals surface area contributed by atoms with Gasteiger partial charge in [0.15, 0.2) is 0 Å². The number of alkyl halides is 3. The second kappa shape index (κ2) is 15.8. The van der Waals surface area contributed by atoms with Crippen molar-refractivity contribution < 1.29 is 41.9 Å². The van der Waals surface area contributed by atoms with E-state index in [0.29, 0.717) is 19.4 Å². The molecule has 3 N–H and O–H groups in total. The average molecular weight is 637 g/mol. The summed E-state index contributed by atoms with van der Waals surface area (Å²) in [5.41, 5.74) is -1.11. The van der Waals surface area contributed by atoms with E-state index in [-0.39, 0.29) is 36.8 Å². The van der Waals surface area contributed by atoms with Crippen LogP contribution in [0, 0.1) is 17.3 Å². The van der Waals surface area contributed by atoms with E-state index in [1.165, 1.54) is 39.0 Å². The topological polar surface area (TPSA) is 142 Å². The van der Waals surface area contributed by atoms with E-state index in [1.807, 2.05) is 0 Å². The van der Waals surface area contributed by atoms with Crippen LogP contribution in [-0.4, -0.2) is 77.5 Å². The quantitative estimate of drug-likeness (QED) is 0.163. The molecule has 0 saturated carbocycles.